The molecule has 0 fully saturated rings. The Labute approximate surface area is 138 Å². The van der Waals surface area contributed by atoms with E-state index in [0.29, 0.717) is 5.95 Å². The van der Waals surface area contributed by atoms with Crippen LogP contribution in [-0.4, -0.2) is 41.5 Å². The maximum atomic E-state index is 12.0. The number of ether oxygens (including phenoxy) is 1. The van der Waals surface area contributed by atoms with E-state index in [1.165, 1.54) is 7.11 Å². The summed E-state index contributed by atoms with van der Waals surface area (Å²) in [6.45, 7) is 2.10. The number of hydrogen-bond acceptors (Lipinski definition) is 7. The molecule has 2 aromatic rings. The highest BCUT2D eigenvalue weighted by molar-refractivity contribution is 6.06. The van der Waals surface area contributed by atoms with Crippen molar-refractivity contribution in [2.75, 3.05) is 19.0 Å². The molecule has 2 N–H and O–H groups in total. The number of anilines is 1. The van der Waals surface area contributed by atoms with E-state index in [4.69, 9.17) is 0 Å². The summed E-state index contributed by atoms with van der Waals surface area (Å²) in [5.74, 6) is -0.611. The van der Waals surface area contributed by atoms with Gasteiger partial charge in [-0.3, -0.25) is 25.2 Å². The molecule has 3 rings (SSSR count). The molecule has 1 aromatic heterocycles. The van der Waals surface area contributed by atoms with Gasteiger partial charge in [0, 0.05) is 5.39 Å². The number of guanidine groups is 1. The van der Waals surface area contributed by atoms with Crippen molar-refractivity contribution in [2.45, 2.75) is 13.3 Å². The normalized spacial score (nSPS) is 17.2. The number of fused-ring (bicyclic) bond motifs is 1. The molecule has 0 bridgehead atoms. The van der Waals surface area contributed by atoms with Gasteiger partial charge in [-0.1, -0.05) is 18.2 Å². The van der Waals surface area contributed by atoms with Gasteiger partial charge < -0.3 is 4.74 Å². The summed E-state index contributed by atoms with van der Waals surface area (Å²) in [7, 11) is 1.29. The Bertz CT molecular complexity index is 834. The van der Waals surface area contributed by atoms with Crippen molar-refractivity contribution in [1.29, 1.82) is 0 Å². The SMILES string of the molecule is COC(=O)CC1CN=C(Nc2nc(C)c3ccccc3n2)NC1=O. The molecule has 1 atom stereocenters. The second-order valence-corrected chi connectivity index (χ2v) is 5.43. The van der Waals surface area contributed by atoms with E-state index in [1.807, 2.05) is 31.2 Å². The summed E-state index contributed by atoms with van der Waals surface area (Å²) in [6, 6.07) is 7.67. The molecule has 24 heavy (non-hydrogen) atoms. The maximum absolute atomic E-state index is 12.0. The number of aromatic nitrogens is 2. The van der Waals surface area contributed by atoms with Gasteiger partial charge in [0.1, 0.15) is 0 Å². The number of aliphatic imine (C=N–C) groups is 1. The van der Waals surface area contributed by atoms with Crippen LogP contribution in [0.15, 0.2) is 29.3 Å². The number of rotatable bonds is 3. The Morgan fingerprint density at radius 1 is 1.38 bits per heavy atom. The number of para-hydroxylation sites is 1. The smallest absolute Gasteiger partial charge is 0.306 e. The van der Waals surface area contributed by atoms with Gasteiger partial charge in [0.2, 0.25) is 17.8 Å². The number of benzene rings is 1. The van der Waals surface area contributed by atoms with E-state index in [0.717, 1.165) is 16.6 Å². The van der Waals surface area contributed by atoms with Gasteiger partial charge in [0.15, 0.2) is 0 Å². The van der Waals surface area contributed by atoms with Gasteiger partial charge in [-0.25, -0.2) is 9.97 Å². The van der Waals surface area contributed by atoms with Crippen LogP contribution in [-0.2, 0) is 14.3 Å². The second kappa shape index (κ2) is 6.61. The van der Waals surface area contributed by atoms with Crippen molar-refractivity contribution >= 4 is 34.7 Å². The van der Waals surface area contributed by atoms with Crippen LogP contribution in [0.5, 0.6) is 0 Å². The van der Waals surface area contributed by atoms with Crippen LogP contribution in [0.1, 0.15) is 12.1 Å². The molecule has 1 unspecified atom stereocenters. The molecule has 0 radical (unpaired) electrons. The standard InChI is InChI=1S/C16H17N5O3/c1-9-11-5-3-4-6-12(11)19-16(18-9)21-15-17-8-10(14(23)20-15)7-13(22)24-2/h3-6,10H,7-8H2,1-2H3,(H2,17,18,19,20,21,23). The van der Waals surface area contributed by atoms with Crippen molar-refractivity contribution in [3.63, 3.8) is 0 Å². The minimum absolute atomic E-state index is 0.00466. The summed E-state index contributed by atoms with van der Waals surface area (Å²) in [5.41, 5.74) is 1.63. The largest absolute Gasteiger partial charge is 0.469 e. The molecule has 0 aliphatic carbocycles. The third-order valence-corrected chi connectivity index (χ3v) is 3.75. The van der Waals surface area contributed by atoms with Gasteiger partial charge in [-0.15, -0.1) is 0 Å². The third-order valence-electron chi connectivity index (χ3n) is 3.75. The molecular formula is C16H17N5O3. The van der Waals surface area contributed by atoms with Crippen molar-refractivity contribution in [3.8, 4) is 0 Å². The first kappa shape index (κ1) is 15.9. The number of carbonyl (C=O) groups is 2. The number of carbonyl (C=O) groups excluding carboxylic acids is 2. The van der Waals surface area contributed by atoms with E-state index in [-0.39, 0.29) is 24.8 Å². The lowest BCUT2D eigenvalue weighted by Gasteiger charge is -2.20. The maximum Gasteiger partial charge on any atom is 0.306 e. The molecule has 1 aromatic carbocycles. The molecule has 2 heterocycles. The van der Waals surface area contributed by atoms with Gasteiger partial charge >= 0.3 is 5.97 Å². The highest BCUT2D eigenvalue weighted by Gasteiger charge is 2.27. The van der Waals surface area contributed by atoms with Crippen LogP contribution in [0.4, 0.5) is 5.95 Å². The van der Waals surface area contributed by atoms with Crippen molar-refractivity contribution in [2.24, 2.45) is 10.9 Å². The first-order valence-corrected chi connectivity index (χ1v) is 7.49. The summed E-state index contributed by atoms with van der Waals surface area (Å²) in [4.78, 5) is 36.3. The molecule has 0 spiro atoms. The first-order chi connectivity index (χ1) is 11.6. The zero-order valence-corrected chi connectivity index (χ0v) is 13.4. The molecule has 1 aliphatic rings. The van der Waals surface area contributed by atoms with Gasteiger partial charge in [-0.05, 0) is 13.0 Å². The highest BCUT2D eigenvalue weighted by Crippen LogP contribution is 2.17. The van der Waals surface area contributed by atoms with E-state index >= 15 is 0 Å². The third kappa shape index (κ3) is 3.32. The number of nitrogens with zero attached hydrogens (tertiary/aromatic N) is 3. The topological polar surface area (TPSA) is 106 Å². The summed E-state index contributed by atoms with van der Waals surface area (Å²) >= 11 is 0. The van der Waals surface area contributed by atoms with E-state index in [1.54, 1.807) is 0 Å². The molecule has 1 amide bonds. The van der Waals surface area contributed by atoms with Gasteiger partial charge in [-0.2, -0.15) is 0 Å². The number of aryl methyl sites for hydroxylation is 1. The van der Waals surface area contributed by atoms with Gasteiger partial charge in [0.25, 0.3) is 0 Å². The minimum atomic E-state index is -0.526. The van der Waals surface area contributed by atoms with Crippen LogP contribution in [0.3, 0.4) is 0 Å². The number of esters is 1. The van der Waals surface area contributed by atoms with Crippen LogP contribution in [0, 0.1) is 12.8 Å². The monoisotopic (exact) mass is 327 g/mol. The van der Waals surface area contributed by atoms with Crippen molar-refractivity contribution in [1.82, 2.24) is 15.3 Å². The van der Waals surface area contributed by atoms with E-state index in [9.17, 15) is 9.59 Å². The Morgan fingerprint density at radius 2 is 2.17 bits per heavy atom. The molecule has 0 saturated heterocycles. The zero-order chi connectivity index (χ0) is 17.1. The summed E-state index contributed by atoms with van der Waals surface area (Å²) < 4.78 is 4.57. The van der Waals surface area contributed by atoms with Crippen molar-refractivity contribution < 1.29 is 14.3 Å². The molecule has 124 valence electrons. The lowest BCUT2D eigenvalue weighted by molar-refractivity contribution is -0.143. The number of nitrogens with one attached hydrogen (secondary N) is 2. The minimum Gasteiger partial charge on any atom is -0.469 e. The highest BCUT2D eigenvalue weighted by atomic mass is 16.5. The quantitative estimate of drug-likeness (QED) is 0.815. The van der Waals surface area contributed by atoms with Crippen LogP contribution in [0.25, 0.3) is 10.9 Å². The Kier molecular flexibility index (Phi) is 4.37. The zero-order valence-electron chi connectivity index (χ0n) is 13.4. The van der Waals surface area contributed by atoms with E-state index < -0.39 is 11.9 Å². The average molecular weight is 327 g/mol. The lowest BCUT2D eigenvalue weighted by atomic mass is 10.0. The number of hydrogen-bond donors (Lipinski definition) is 2. The van der Waals surface area contributed by atoms with Crippen molar-refractivity contribution in [3.05, 3.63) is 30.0 Å². The molecule has 8 nitrogen and oxygen atoms in total. The lowest BCUT2D eigenvalue weighted by Crippen LogP contribution is -2.45. The summed E-state index contributed by atoms with van der Waals surface area (Å²) in [6.07, 6.45) is 0.00466. The first-order valence-electron chi connectivity index (χ1n) is 7.49. The fourth-order valence-corrected chi connectivity index (χ4v) is 2.45. The molecule has 8 heteroatoms. The molecule has 0 saturated carbocycles. The fraction of sp³-hybridized carbons (Fsp3) is 0.312. The second-order valence-electron chi connectivity index (χ2n) is 5.43. The molecular weight excluding hydrogens is 310 g/mol. The number of methoxy groups -OCH3 is 1. The average Bonchev–Trinajstić information content (AvgIpc) is 2.57. The predicted molar refractivity (Wildman–Crippen MR) is 88.5 cm³/mol. The van der Waals surface area contributed by atoms with Crippen LogP contribution >= 0.6 is 0 Å². The fourth-order valence-electron chi connectivity index (χ4n) is 2.45. The Balaban J connectivity index is 1.75. The van der Waals surface area contributed by atoms with E-state index in [2.05, 4.69) is 30.3 Å². The Morgan fingerprint density at radius 3 is 2.92 bits per heavy atom. The van der Waals surface area contributed by atoms with Gasteiger partial charge in [0.05, 0.1) is 37.2 Å². The Hall–Kier alpha value is -3.03. The predicted octanol–water partition coefficient (Wildman–Crippen LogP) is 1.02. The number of amides is 1. The molecule has 1 aliphatic heterocycles. The van der Waals surface area contributed by atoms with Crippen LogP contribution < -0.4 is 10.6 Å². The van der Waals surface area contributed by atoms with Crippen LogP contribution in [0.2, 0.25) is 0 Å². The summed E-state index contributed by atoms with van der Waals surface area (Å²) in [5, 5.41) is 6.50.